The van der Waals surface area contributed by atoms with Crippen LogP contribution in [0, 0.1) is 0 Å². The molecule has 33 heavy (non-hydrogen) atoms. The molecule has 0 aromatic heterocycles. The highest BCUT2D eigenvalue weighted by atomic mass is 16.7. The molecule has 1 saturated heterocycles. The Balaban J connectivity index is 1.77. The zero-order valence-corrected chi connectivity index (χ0v) is 19.7. The number of alkyl carbamates (subject to hydrolysis) is 1. The van der Waals surface area contributed by atoms with E-state index in [4.69, 9.17) is 18.8 Å². The Bertz CT molecular complexity index is 1000. The molecule has 0 aliphatic carbocycles. The SMILES string of the molecule is COC(=O)c1cccc(C=C(CNC(=O)OCc2ccccc2)B2OC(C)(C)C(C)(C)O2)c1. The van der Waals surface area contributed by atoms with Crippen molar-refractivity contribution in [2.45, 2.75) is 45.5 Å². The van der Waals surface area contributed by atoms with Gasteiger partial charge < -0.3 is 24.1 Å². The second-order valence-corrected chi connectivity index (χ2v) is 8.84. The number of esters is 1. The van der Waals surface area contributed by atoms with Crippen LogP contribution < -0.4 is 5.32 Å². The smallest absolute Gasteiger partial charge is 0.465 e. The maximum Gasteiger partial charge on any atom is 0.492 e. The molecule has 1 heterocycles. The van der Waals surface area contributed by atoms with Gasteiger partial charge in [-0.25, -0.2) is 9.59 Å². The molecule has 0 bridgehead atoms. The van der Waals surface area contributed by atoms with Gasteiger partial charge in [-0.15, -0.1) is 0 Å². The van der Waals surface area contributed by atoms with E-state index < -0.39 is 30.4 Å². The fourth-order valence-electron chi connectivity index (χ4n) is 3.23. The van der Waals surface area contributed by atoms with Gasteiger partial charge in [0.2, 0.25) is 0 Å². The van der Waals surface area contributed by atoms with E-state index >= 15 is 0 Å². The normalized spacial score (nSPS) is 16.9. The van der Waals surface area contributed by atoms with Crippen LogP contribution in [0.1, 0.15) is 49.2 Å². The van der Waals surface area contributed by atoms with Crippen molar-refractivity contribution in [2.75, 3.05) is 13.7 Å². The van der Waals surface area contributed by atoms with Crippen molar-refractivity contribution in [3.63, 3.8) is 0 Å². The number of benzene rings is 2. The summed E-state index contributed by atoms with van der Waals surface area (Å²) >= 11 is 0. The summed E-state index contributed by atoms with van der Waals surface area (Å²) in [7, 11) is 0.664. The third-order valence-electron chi connectivity index (χ3n) is 5.87. The highest BCUT2D eigenvalue weighted by Gasteiger charge is 2.52. The van der Waals surface area contributed by atoms with Crippen LogP contribution in [-0.2, 0) is 25.4 Å². The first-order valence-electron chi connectivity index (χ1n) is 10.8. The molecule has 1 aliphatic rings. The number of amides is 1. The molecule has 7 nitrogen and oxygen atoms in total. The van der Waals surface area contributed by atoms with E-state index in [9.17, 15) is 9.59 Å². The van der Waals surface area contributed by atoms with E-state index in [1.54, 1.807) is 18.2 Å². The summed E-state index contributed by atoms with van der Waals surface area (Å²) in [4.78, 5) is 24.2. The van der Waals surface area contributed by atoms with Gasteiger partial charge in [-0.05, 0) is 56.4 Å². The number of carbonyl (C=O) groups excluding carboxylic acids is 2. The van der Waals surface area contributed by atoms with Crippen molar-refractivity contribution in [1.82, 2.24) is 5.32 Å². The zero-order valence-electron chi connectivity index (χ0n) is 19.7. The maximum atomic E-state index is 12.3. The van der Waals surface area contributed by atoms with Crippen LogP contribution in [0.15, 0.2) is 60.1 Å². The molecule has 0 atom stereocenters. The van der Waals surface area contributed by atoms with E-state index in [1.807, 2.05) is 70.2 Å². The summed E-state index contributed by atoms with van der Waals surface area (Å²) in [6.07, 6.45) is 1.29. The van der Waals surface area contributed by atoms with Gasteiger partial charge in [0.15, 0.2) is 0 Å². The lowest BCUT2D eigenvalue weighted by Crippen LogP contribution is -2.41. The molecular weight excluding hydrogens is 421 g/mol. The van der Waals surface area contributed by atoms with E-state index in [1.165, 1.54) is 7.11 Å². The highest BCUT2D eigenvalue weighted by molar-refractivity contribution is 6.56. The Hall–Kier alpha value is -3.10. The summed E-state index contributed by atoms with van der Waals surface area (Å²) in [5.41, 5.74) is 1.68. The summed E-state index contributed by atoms with van der Waals surface area (Å²) in [6.45, 7) is 8.17. The van der Waals surface area contributed by atoms with Gasteiger partial charge >= 0.3 is 19.2 Å². The van der Waals surface area contributed by atoms with Crippen LogP contribution in [-0.4, -0.2) is 44.0 Å². The van der Waals surface area contributed by atoms with Gasteiger partial charge in [-0.2, -0.15) is 0 Å². The molecule has 8 heteroatoms. The Morgan fingerprint density at radius 2 is 1.67 bits per heavy atom. The standard InChI is InChI=1S/C25H30BNO6/c1-24(2)25(3,4)33-26(32-24)21(15-19-12-9-13-20(14-19)22(28)30-5)16-27-23(29)31-17-18-10-7-6-8-11-18/h6-15H,16-17H2,1-5H3,(H,27,29). The van der Waals surface area contributed by atoms with Gasteiger partial charge in [0.1, 0.15) is 6.61 Å². The summed E-state index contributed by atoms with van der Waals surface area (Å²) in [5, 5.41) is 2.77. The minimum absolute atomic E-state index is 0.146. The van der Waals surface area contributed by atoms with Crippen molar-refractivity contribution < 1.29 is 28.4 Å². The second kappa shape index (κ2) is 10.2. The molecule has 2 aromatic carbocycles. The quantitative estimate of drug-likeness (QED) is 0.496. The fraction of sp³-hybridized carbons (Fsp3) is 0.360. The molecule has 0 spiro atoms. The molecule has 0 unspecified atom stereocenters. The van der Waals surface area contributed by atoms with E-state index in [-0.39, 0.29) is 13.2 Å². The Morgan fingerprint density at radius 1 is 1.00 bits per heavy atom. The van der Waals surface area contributed by atoms with Crippen LogP contribution >= 0.6 is 0 Å². The molecule has 3 rings (SSSR count). The number of nitrogens with one attached hydrogen (secondary N) is 1. The van der Waals surface area contributed by atoms with E-state index in [2.05, 4.69) is 5.32 Å². The number of carbonyl (C=O) groups is 2. The lowest BCUT2D eigenvalue weighted by molar-refractivity contribution is 0.00578. The molecule has 174 valence electrons. The predicted molar refractivity (Wildman–Crippen MR) is 126 cm³/mol. The fourth-order valence-corrected chi connectivity index (χ4v) is 3.23. The summed E-state index contributed by atoms with van der Waals surface area (Å²) in [5.74, 6) is -0.426. The monoisotopic (exact) mass is 451 g/mol. The van der Waals surface area contributed by atoms with Gasteiger partial charge in [0.25, 0.3) is 0 Å². The van der Waals surface area contributed by atoms with Gasteiger partial charge in [0, 0.05) is 6.54 Å². The second-order valence-electron chi connectivity index (χ2n) is 8.84. The average Bonchev–Trinajstić information content (AvgIpc) is 3.02. The first-order chi connectivity index (χ1) is 15.6. The van der Waals surface area contributed by atoms with E-state index in [0.29, 0.717) is 11.0 Å². The lowest BCUT2D eigenvalue weighted by Gasteiger charge is -2.32. The largest absolute Gasteiger partial charge is 0.492 e. The van der Waals surface area contributed by atoms with Crippen LogP contribution in [0.3, 0.4) is 0 Å². The maximum absolute atomic E-state index is 12.3. The average molecular weight is 451 g/mol. The Labute approximate surface area is 195 Å². The number of hydrogen-bond donors (Lipinski definition) is 1. The van der Waals surface area contributed by atoms with Crippen LogP contribution in [0.5, 0.6) is 0 Å². The van der Waals surface area contributed by atoms with Gasteiger partial charge in [-0.1, -0.05) is 48.5 Å². The summed E-state index contributed by atoms with van der Waals surface area (Å²) in [6, 6.07) is 16.5. The van der Waals surface area contributed by atoms with Gasteiger partial charge in [0.05, 0.1) is 23.9 Å². The lowest BCUT2D eigenvalue weighted by atomic mass is 9.77. The Morgan fingerprint density at radius 3 is 2.30 bits per heavy atom. The predicted octanol–water partition coefficient (Wildman–Crippen LogP) is 4.41. The molecule has 0 saturated carbocycles. The molecule has 0 radical (unpaired) electrons. The van der Waals surface area contributed by atoms with Crippen molar-refractivity contribution in [3.8, 4) is 0 Å². The first kappa shape index (κ1) is 24.5. The van der Waals surface area contributed by atoms with Crippen molar-refractivity contribution in [3.05, 3.63) is 76.8 Å². The molecular formula is C25H30BNO6. The topological polar surface area (TPSA) is 83.1 Å². The minimum atomic E-state index is -0.675. The number of methoxy groups -OCH3 is 1. The highest BCUT2D eigenvalue weighted by Crippen LogP contribution is 2.38. The van der Waals surface area contributed by atoms with Crippen molar-refractivity contribution in [2.24, 2.45) is 0 Å². The molecule has 1 N–H and O–H groups in total. The number of ether oxygens (including phenoxy) is 2. The zero-order chi connectivity index (χ0) is 24.1. The minimum Gasteiger partial charge on any atom is -0.465 e. The Kier molecular flexibility index (Phi) is 7.61. The number of hydrogen-bond acceptors (Lipinski definition) is 6. The molecule has 1 amide bonds. The molecule has 1 fully saturated rings. The third kappa shape index (κ3) is 6.24. The first-order valence-corrected chi connectivity index (χ1v) is 10.8. The van der Waals surface area contributed by atoms with Gasteiger partial charge in [-0.3, -0.25) is 0 Å². The van der Waals surface area contributed by atoms with Crippen LogP contribution in [0.2, 0.25) is 0 Å². The number of rotatable bonds is 7. The van der Waals surface area contributed by atoms with Crippen LogP contribution in [0.25, 0.3) is 6.08 Å². The molecule has 1 aliphatic heterocycles. The summed E-state index contributed by atoms with van der Waals surface area (Å²) < 4.78 is 22.5. The third-order valence-corrected chi connectivity index (χ3v) is 5.87. The van der Waals surface area contributed by atoms with E-state index in [0.717, 1.165) is 11.1 Å². The van der Waals surface area contributed by atoms with Crippen molar-refractivity contribution >= 4 is 25.3 Å². The molecule has 2 aromatic rings. The van der Waals surface area contributed by atoms with Crippen molar-refractivity contribution in [1.29, 1.82) is 0 Å². The van der Waals surface area contributed by atoms with Crippen LogP contribution in [0.4, 0.5) is 4.79 Å².